The van der Waals surface area contributed by atoms with Gasteiger partial charge < -0.3 is 10.5 Å². The van der Waals surface area contributed by atoms with Gasteiger partial charge in [0.1, 0.15) is 5.75 Å². The molecule has 0 amide bonds. The molecule has 0 bridgehead atoms. The lowest BCUT2D eigenvalue weighted by Crippen LogP contribution is -2.29. The van der Waals surface area contributed by atoms with Crippen LogP contribution < -0.4 is 10.5 Å². The first-order valence-electron chi connectivity index (χ1n) is 8.37. The van der Waals surface area contributed by atoms with Crippen LogP contribution in [-0.4, -0.2) is 12.1 Å². The quantitative estimate of drug-likeness (QED) is 0.892. The molecule has 0 heterocycles. The minimum absolute atomic E-state index is 0.204. The van der Waals surface area contributed by atoms with Crippen molar-refractivity contribution in [2.45, 2.75) is 72.4 Å². The highest BCUT2D eigenvalue weighted by Crippen LogP contribution is 2.34. The third-order valence-electron chi connectivity index (χ3n) is 4.50. The number of hydrogen-bond donors (Lipinski definition) is 1. The number of nitrogens with two attached hydrogens (primary N) is 1. The van der Waals surface area contributed by atoms with Gasteiger partial charge in [0.2, 0.25) is 0 Å². The van der Waals surface area contributed by atoms with E-state index in [1.165, 1.54) is 36.0 Å². The molecule has 21 heavy (non-hydrogen) atoms. The summed E-state index contributed by atoms with van der Waals surface area (Å²) in [5, 5.41) is 0. The van der Waals surface area contributed by atoms with Gasteiger partial charge in [-0.2, -0.15) is 0 Å². The molecule has 1 aromatic rings. The van der Waals surface area contributed by atoms with Gasteiger partial charge in [-0.15, -0.1) is 0 Å². The summed E-state index contributed by atoms with van der Waals surface area (Å²) in [6.45, 7) is 11.1. The second-order valence-electron chi connectivity index (χ2n) is 7.40. The summed E-state index contributed by atoms with van der Waals surface area (Å²) in [5.41, 5.74) is 9.72. The molecule has 0 radical (unpaired) electrons. The highest BCUT2D eigenvalue weighted by molar-refractivity contribution is 5.43. The Morgan fingerprint density at radius 2 is 1.62 bits per heavy atom. The van der Waals surface area contributed by atoms with E-state index in [0.717, 1.165) is 24.0 Å². The molecule has 2 N–H and O–H groups in total. The SMILES string of the molecule is Cc1cc(CC(C)N)cc(C)c1OC1CC(C)CC(C)C1. The Morgan fingerprint density at radius 1 is 1.10 bits per heavy atom. The lowest BCUT2D eigenvalue weighted by atomic mass is 9.81. The van der Waals surface area contributed by atoms with E-state index in [4.69, 9.17) is 10.5 Å². The summed E-state index contributed by atoms with van der Waals surface area (Å²) in [6, 6.07) is 4.68. The van der Waals surface area contributed by atoms with Crippen LogP contribution in [0.25, 0.3) is 0 Å². The van der Waals surface area contributed by atoms with Crippen LogP contribution in [0.5, 0.6) is 5.75 Å². The first-order valence-corrected chi connectivity index (χ1v) is 8.37. The van der Waals surface area contributed by atoms with Crippen molar-refractivity contribution in [2.75, 3.05) is 0 Å². The third kappa shape index (κ3) is 4.47. The van der Waals surface area contributed by atoms with Gasteiger partial charge in [0.25, 0.3) is 0 Å². The summed E-state index contributed by atoms with van der Waals surface area (Å²) in [4.78, 5) is 0. The molecule has 1 aromatic carbocycles. The van der Waals surface area contributed by atoms with Crippen LogP contribution in [-0.2, 0) is 6.42 Å². The van der Waals surface area contributed by atoms with Gasteiger partial charge in [-0.25, -0.2) is 0 Å². The summed E-state index contributed by atoms with van der Waals surface area (Å²) in [6.07, 6.45) is 5.01. The van der Waals surface area contributed by atoms with Crippen molar-refractivity contribution in [1.29, 1.82) is 0 Å². The van der Waals surface area contributed by atoms with Gasteiger partial charge >= 0.3 is 0 Å². The molecule has 1 aliphatic rings. The van der Waals surface area contributed by atoms with Crippen LogP contribution in [0, 0.1) is 25.7 Å². The number of hydrogen-bond acceptors (Lipinski definition) is 2. The first kappa shape index (κ1) is 16.4. The summed E-state index contributed by atoms with van der Waals surface area (Å²) < 4.78 is 6.39. The van der Waals surface area contributed by atoms with E-state index >= 15 is 0 Å². The smallest absolute Gasteiger partial charge is 0.125 e. The maximum atomic E-state index is 6.39. The zero-order valence-electron chi connectivity index (χ0n) is 14.3. The van der Waals surface area contributed by atoms with Crippen molar-refractivity contribution in [3.05, 3.63) is 28.8 Å². The lowest BCUT2D eigenvalue weighted by molar-refractivity contribution is 0.0996. The normalized spacial score (nSPS) is 27.4. The first-order chi connectivity index (χ1) is 9.85. The molecule has 118 valence electrons. The Balaban J connectivity index is 2.13. The van der Waals surface area contributed by atoms with Gasteiger partial charge in [-0.05, 0) is 75.0 Å². The van der Waals surface area contributed by atoms with Crippen molar-refractivity contribution in [3.8, 4) is 5.75 Å². The van der Waals surface area contributed by atoms with E-state index in [2.05, 4.69) is 46.8 Å². The van der Waals surface area contributed by atoms with Crippen molar-refractivity contribution in [3.63, 3.8) is 0 Å². The molecule has 1 saturated carbocycles. The average molecular weight is 289 g/mol. The fraction of sp³-hybridized carbons (Fsp3) is 0.684. The van der Waals surface area contributed by atoms with E-state index in [1.54, 1.807) is 0 Å². The van der Waals surface area contributed by atoms with E-state index in [1.807, 2.05) is 0 Å². The molecule has 3 unspecified atom stereocenters. The van der Waals surface area contributed by atoms with Crippen molar-refractivity contribution in [2.24, 2.45) is 17.6 Å². The molecule has 0 aliphatic heterocycles. The zero-order valence-corrected chi connectivity index (χ0v) is 14.3. The molecule has 0 aromatic heterocycles. The van der Waals surface area contributed by atoms with Crippen LogP contribution in [0.15, 0.2) is 12.1 Å². The molecular formula is C19H31NO. The predicted octanol–water partition coefficient (Wildman–Crippen LogP) is 4.40. The Hall–Kier alpha value is -1.02. The standard InChI is InChI=1S/C19H31NO/c1-12-6-13(2)8-18(7-12)21-19-14(3)9-17(10-15(19)4)11-16(5)20/h9-10,12-13,16,18H,6-8,11,20H2,1-5H3. The second-order valence-corrected chi connectivity index (χ2v) is 7.40. The van der Waals surface area contributed by atoms with Gasteiger partial charge in [0, 0.05) is 6.04 Å². The Bertz CT molecular complexity index is 447. The molecule has 0 saturated heterocycles. The number of benzene rings is 1. The Kier molecular flexibility index (Phi) is 5.32. The Labute approximate surface area is 130 Å². The van der Waals surface area contributed by atoms with E-state index in [9.17, 15) is 0 Å². The monoisotopic (exact) mass is 289 g/mol. The number of rotatable bonds is 4. The van der Waals surface area contributed by atoms with E-state index in [0.29, 0.717) is 6.10 Å². The fourth-order valence-electron chi connectivity index (χ4n) is 3.85. The molecule has 2 nitrogen and oxygen atoms in total. The second kappa shape index (κ2) is 6.83. The van der Waals surface area contributed by atoms with E-state index < -0.39 is 0 Å². The van der Waals surface area contributed by atoms with Crippen molar-refractivity contribution in [1.82, 2.24) is 0 Å². The summed E-state index contributed by atoms with van der Waals surface area (Å²) >= 11 is 0. The molecule has 2 heteroatoms. The third-order valence-corrected chi connectivity index (χ3v) is 4.50. The van der Waals surface area contributed by atoms with Gasteiger partial charge in [0.15, 0.2) is 0 Å². The van der Waals surface area contributed by atoms with Crippen LogP contribution in [0.3, 0.4) is 0 Å². The molecule has 1 fully saturated rings. The van der Waals surface area contributed by atoms with Crippen molar-refractivity contribution >= 4 is 0 Å². The molecule has 2 rings (SSSR count). The fourth-order valence-corrected chi connectivity index (χ4v) is 3.85. The molecule has 3 atom stereocenters. The zero-order chi connectivity index (χ0) is 15.6. The average Bonchev–Trinajstić information content (AvgIpc) is 2.31. The van der Waals surface area contributed by atoms with Gasteiger partial charge in [0.05, 0.1) is 6.10 Å². The summed E-state index contributed by atoms with van der Waals surface area (Å²) in [7, 11) is 0. The molecule has 0 spiro atoms. The molecule has 1 aliphatic carbocycles. The molecular weight excluding hydrogens is 258 g/mol. The topological polar surface area (TPSA) is 35.2 Å². The number of ether oxygens (including phenoxy) is 1. The maximum Gasteiger partial charge on any atom is 0.125 e. The highest BCUT2D eigenvalue weighted by Gasteiger charge is 2.26. The maximum absolute atomic E-state index is 6.39. The van der Waals surface area contributed by atoms with Crippen LogP contribution >= 0.6 is 0 Å². The van der Waals surface area contributed by atoms with Crippen molar-refractivity contribution < 1.29 is 4.74 Å². The predicted molar refractivity (Wildman–Crippen MR) is 89.9 cm³/mol. The minimum atomic E-state index is 0.204. The number of aryl methyl sites for hydroxylation is 2. The van der Waals surface area contributed by atoms with Gasteiger partial charge in [-0.3, -0.25) is 0 Å². The van der Waals surface area contributed by atoms with E-state index in [-0.39, 0.29) is 6.04 Å². The van der Waals surface area contributed by atoms with Crippen LogP contribution in [0.4, 0.5) is 0 Å². The largest absolute Gasteiger partial charge is 0.490 e. The van der Waals surface area contributed by atoms with Crippen LogP contribution in [0.2, 0.25) is 0 Å². The minimum Gasteiger partial charge on any atom is -0.490 e. The lowest BCUT2D eigenvalue weighted by Gasteiger charge is -2.32. The van der Waals surface area contributed by atoms with Crippen LogP contribution in [0.1, 0.15) is 56.7 Å². The summed E-state index contributed by atoms with van der Waals surface area (Å²) in [5.74, 6) is 2.64. The van der Waals surface area contributed by atoms with Gasteiger partial charge in [-0.1, -0.05) is 26.0 Å². The highest BCUT2D eigenvalue weighted by atomic mass is 16.5. The Morgan fingerprint density at radius 3 is 2.10 bits per heavy atom.